The van der Waals surface area contributed by atoms with Gasteiger partial charge in [-0.1, -0.05) is 12.1 Å². The van der Waals surface area contributed by atoms with Crippen LogP contribution in [0.25, 0.3) is 0 Å². The number of benzene rings is 1. The van der Waals surface area contributed by atoms with Gasteiger partial charge in [0.1, 0.15) is 11.9 Å². The molecular weight excluding hydrogens is 144 g/mol. The van der Waals surface area contributed by atoms with Gasteiger partial charge in [-0.2, -0.15) is 0 Å². The molecule has 0 aliphatic carbocycles. The summed E-state index contributed by atoms with van der Waals surface area (Å²) in [5.41, 5.74) is 0.602. The van der Waals surface area contributed by atoms with Crippen LogP contribution in [-0.2, 0) is 0 Å². The van der Waals surface area contributed by atoms with Crippen LogP contribution in [0.15, 0.2) is 24.3 Å². The van der Waals surface area contributed by atoms with Crippen LogP contribution in [0.4, 0.5) is 0 Å². The van der Waals surface area contributed by atoms with Crippen molar-refractivity contribution in [3.63, 3.8) is 0 Å². The minimum Gasteiger partial charge on any atom is -0.508 e. The van der Waals surface area contributed by atoms with Crippen molar-refractivity contribution in [2.45, 2.75) is 6.10 Å². The molecule has 0 bridgehead atoms. The molecule has 60 valence electrons. The quantitative estimate of drug-likeness (QED) is 0.578. The zero-order chi connectivity index (χ0) is 8.27. The summed E-state index contributed by atoms with van der Waals surface area (Å²) < 4.78 is 0. The molecule has 0 saturated heterocycles. The van der Waals surface area contributed by atoms with Crippen molar-refractivity contribution < 1.29 is 15.3 Å². The topological polar surface area (TPSA) is 60.7 Å². The van der Waals surface area contributed by atoms with Gasteiger partial charge in [-0.3, -0.25) is 0 Å². The summed E-state index contributed by atoms with van der Waals surface area (Å²) in [5.74, 6) is 0.152. The van der Waals surface area contributed by atoms with Crippen LogP contribution in [0.5, 0.6) is 5.75 Å². The lowest BCUT2D eigenvalue weighted by Crippen LogP contribution is -2.01. The van der Waals surface area contributed by atoms with Crippen LogP contribution in [0.3, 0.4) is 0 Å². The predicted octanol–water partition coefficient (Wildman–Crippen LogP) is 0.418. The summed E-state index contributed by atoms with van der Waals surface area (Å²) in [7, 11) is 0. The van der Waals surface area contributed by atoms with Crippen molar-refractivity contribution in [2.24, 2.45) is 0 Å². The molecule has 0 radical (unpaired) electrons. The van der Waals surface area contributed by atoms with Crippen LogP contribution >= 0.6 is 0 Å². The van der Waals surface area contributed by atoms with Crippen molar-refractivity contribution in [3.8, 4) is 5.75 Å². The van der Waals surface area contributed by atoms with E-state index in [0.29, 0.717) is 5.56 Å². The van der Waals surface area contributed by atoms with Crippen LogP contribution in [-0.4, -0.2) is 21.9 Å². The summed E-state index contributed by atoms with van der Waals surface area (Å²) in [6.45, 7) is -0.301. The molecule has 3 N–H and O–H groups in total. The van der Waals surface area contributed by atoms with Crippen molar-refractivity contribution in [1.82, 2.24) is 0 Å². The van der Waals surface area contributed by atoms with E-state index in [1.165, 1.54) is 12.1 Å². The Morgan fingerprint density at radius 2 is 1.73 bits per heavy atom. The maximum atomic E-state index is 9.09. The largest absolute Gasteiger partial charge is 0.508 e. The van der Waals surface area contributed by atoms with Gasteiger partial charge in [-0.25, -0.2) is 0 Å². The van der Waals surface area contributed by atoms with Gasteiger partial charge in [-0.15, -0.1) is 0 Å². The number of aliphatic hydroxyl groups excluding tert-OH is 2. The first-order valence-electron chi connectivity index (χ1n) is 3.32. The molecule has 3 nitrogen and oxygen atoms in total. The molecule has 0 aliphatic heterocycles. The molecule has 0 heterocycles. The number of aliphatic hydroxyl groups is 2. The van der Waals surface area contributed by atoms with Gasteiger partial charge in [0, 0.05) is 0 Å². The molecule has 1 aromatic rings. The molecular formula is C8H10O3. The molecule has 0 spiro atoms. The molecule has 0 unspecified atom stereocenters. The Bertz CT molecular complexity index is 217. The first-order chi connectivity index (χ1) is 5.24. The van der Waals surface area contributed by atoms with E-state index in [1.807, 2.05) is 0 Å². The fourth-order valence-corrected chi connectivity index (χ4v) is 0.802. The van der Waals surface area contributed by atoms with Gasteiger partial charge in [0.15, 0.2) is 0 Å². The number of hydrogen-bond donors (Lipinski definition) is 3. The Balaban J connectivity index is 2.81. The predicted molar refractivity (Wildman–Crippen MR) is 40.2 cm³/mol. The third kappa shape index (κ3) is 1.93. The van der Waals surface area contributed by atoms with Crippen LogP contribution in [0.1, 0.15) is 11.7 Å². The van der Waals surface area contributed by atoms with Gasteiger partial charge < -0.3 is 15.3 Å². The Morgan fingerprint density at radius 3 is 2.18 bits per heavy atom. The van der Waals surface area contributed by atoms with E-state index in [-0.39, 0.29) is 12.4 Å². The normalized spacial score (nSPS) is 12.9. The highest BCUT2D eigenvalue weighted by atomic mass is 16.3. The van der Waals surface area contributed by atoms with Gasteiger partial charge >= 0.3 is 0 Å². The fourth-order valence-electron chi connectivity index (χ4n) is 0.802. The van der Waals surface area contributed by atoms with Gasteiger partial charge in [0.25, 0.3) is 0 Å². The van der Waals surface area contributed by atoms with Gasteiger partial charge in [0.05, 0.1) is 6.61 Å². The summed E-state index contributed by atoms with van der Waals surface area (Å²) in [6, 6.07) is 6.06. The average Bonchev–Trinajstić information content (AvgIpc) is 2.05. The SMILES string of the molecule is OC[C@H](O)c1ccc(O)cc1. The minimum atomic E-state index is -0.851. The van der Waals surface area contributed by atoms with Crippen LogP contribution < -0.4 is 0 Å². The lowest BCUT2D eigenvalue weighted by molar-refractivity contribution is 0.0956. The van der Waals surface area contributed by atoms with E-state index in [4.69, 9.17) is 15.3 Å². The molecule has 0 aromatic heterocycles. The van der Waals surface area contributed by atoms with Crippen LogP contribution in [0.2, 0.25) is 0 Å². The second-order valence-corrected chi connectivity index (χ2v) is 2.29. The number of rotatable bonds is 2. The molecule has 1 aromatic carbocycles. The fraction of sp³-hybridized carbons (Fsp3) is 0.250. The molecule has 0 fully saturated rings. The van der Waals surface area contributed by atoms with Crippen molar-refractivity contribution >= 4 is 0 Å². The highest BCUT2D eigenvalue weighted by Crippen LogP contribution is 2.15. The van der Waals surface area contributed by atoms with E-state index >= 15 is 0 Å². The van der Waals surface area contributed by atoms with E-state index in [0.717, 1.165) is 0 Å². The highest BCUT2D eigenvalue weighted by Gasteiger charge is 2.03. The molecule has 0 amide bonds. The maximum Gasteiger partial charge on any atom is 0.115 e. The lowest BCUT2D eigenvalue weighted by Gasteiger charge is -2.05. The summed E-state index contributed by atoms with van der Waals surface area (Å²) in [5, 5.41) is 26.5. The van der Waals surface area contributed by atoms with E-state index in [1.54, 1.807) is 12.1 Å². The number of phenols is 1. The number of hydrogen-bond acceptors (Lipinski definition) is 3. The third-order valence-electron chi connectivity index (χ3n) is 1.45. The molecule has 1 atom stereocenters. The van der Waals surface area contributed by atoms with E-state index in [9.17, 15) is 0 Å². The maximum absolute atomic E-state index is 9.09. The second-order valence-electron chi connectivity index (χ2n) is 2.29. The molecule has 0 aliphatic rings. The molecule has 11 heavy (non-hydrogen) atoms. The minimum absolute atomic E-state index is 0.152. The van der Waals surface area contributed by atoms with Gasteiger partial charge in [-0.05, 0) is 17.7 Å². The van der Waals surface area contributed by atoms with Crippen molar-refractivity contribution in [2.75, 3.05) is 6.61 Å². The van der Waals surface area contributed by atoms with E-state index < -0.39 is 6.10 Å². The first-order valence-corrected chi connectivity index (χ1v) is 3.32. The van der Waals surface area contributed by atoms with Crippen molar-refractivity contribution in [3.05, 3.63) is 29.8 Å². The average molecular weight is 154 g/mol. The molecule has 0 saturated carbocycles. The highest BCUT2D eigenvalue weighted by molar-refractivity contribution is 5.27. The number of phenolic OH excluding ortho intramolecular Hbond substituents is 1. The summed E-state index contributed by atoms with van der Waals surface area (Å²) >= 11 is 0. The Morgan fingerprint density at radius 1 is 1.18 bits per heavy atom. The molecule has 1 rings (SSSR count). The second kappa shape index (κ2) is 3.37. The number of aromatic hydroxyl groups is 1. The Labute approximate surface area is 64.5 Å². The molecule has 3 heteroatoms. The Kier molecular flexibility index (Phi) is 2.46. The Hall–Kier alpha value is -1.06. The zero-order valence-electron chi connectivity index (χ0n) is 5.94. The van der Waals surface area contributed by atoms with Gasteiger partial charge in [0.2, 0.25) is 0 Å². The smallest absolute Gasteiger partial charge is 0.115 e. The first kappa shape index (κ1) is 8.04. The monoisotopic (exact) mass is 154 g/mol. The standard InChI is InChI=1S/C8H10O3/c9-5-8(11)6-1-3-7(10)4-2-6/h1-4,8-11H,5H2/t8-/m0/s1. The third-order valence-corrected chi connectivity index (χ3v) is 1.45. The van der Waals surface area contributed by atoms with E-state index in [2.05, 4.69) is 0 Å². The summed E-state index contributed by atoms with van der Waals surface area (Å²) in [4.78, 5) is 0. The lowest BCUT2D eigenvalue weighted by atomic mass is 10.1. The zero-order valence-corrected chi connectivity index (χ0v) is 5.94. The van der Waals surface area contributed by atoms with Crippen LogP contribution in [0, 0.1) is 0 Å². The van der Waals surface area contributed by atoms with Crippen molar-refractivity contribution in [1.29, 1.82) is 0 Å². The summed E-state index contributed by atoms with van der Waals surface area (Å²) in [6.07, 6.45) is -0.851.